The predicted octanol–water partition coefficient (Wildman–Crippen LogP) is 3.55. The fraction of sp³-hybridized carbons (Fsp3) is 0.300. The molecule has 0 radical (unpaired) electrons. The minimum absolute atomic E-state index is 0.0712. The fourth-order valence-corrected chi connectivity index (χ4v) is 3.63. The molecule has 4 rings (SSSR count). The molecule has 5 nitrogen and oxygen atoms in total. The molecule has 0 unspecified atom stereocenters. The molecule has 1 aromatic carbocycles. The van der Waals surface area contributed by atoms with Crippen molar-refractivity contribution in [2.45, 2.75) is 25.6 Å². The van der Waals surface area contributed by atoms with Gasteiger partial charge in [0.2, 0.25) is 5.91 Å². The minimum Gasteiger partial charge on any atom is -0.341 e. The normalized spacial score (nSPS) is 14.7. The van der Waals surface area contributed by atoms with E-state index in [0.29, 0.717) is 19.2 Å². The molecule has 2 aromatic heterocycles. The Morgan fingerprint density at radius 2 is 1.76 bits per heavy atom. The molecule has 3 heterocycles. The van der Waals surface area contributed by atoms with E-state index in [9.17, 15) is 27.2 Å². The van der Waals surface area contributed by atoms with Crippen LogP contribution in [0.15, 0.2) is 47.7 Å². The molecule has 29 heavy (non-hydrogen) atoms. The molecule has 0 atom stereocenters. The number of hydrogen-bond donors (Lipinski definition) is 0. The number of fused-ring (bicyclic) bond motifs is 1. The summed E-state index contributed by atoms with van der Waals surface area (Å²) in [4.78, 5) is 27.0. The van der Waals surface area contributed by atoms with Crippen LogP contribution in [-0.2, 0) is 17.5 Å². The van der Waals surface area contributed by atoms with Crippen LogP contribution < -0.4 is 5.56 Å². The van der Waals surface area contributed by atoms with Gasteiger partial charge in [0, 0.05) is 37.2 Å². The number of halogens is 4. The second-order valence-corrected chi connectivity index (χ2v) is 7.00. The number of likely N-dealkylation sites (tertiary alicyclic amines) is 1. The maximum absolute atomic E-state index is 13.6. The van der Waals surface area contributed by atoms with Crippen molar-refractivity contribution in [1.82, 2.24) is 13.9 Å². The van der Waals surface area contributed by atoms with Crippen molar-refractivity contribution in [2.75, 3.05) is 13.1 Å². The Hall–Kier alpha value is -3.10. The van der Waals surface area contributed by atoms with Crippen LogP contribution in [-0.4, -0.2) is 32.9 Å². The Kier molecular flexibility index (Phi) is 4.68. The van der Waals surface area contributed by atoms with Crippen LogP contribution in [0.2, 0.25) is 0 Å². The summed E-state index contributed by atoms with van der Waals surface area (Å²) >= 11 is 0. The number of hydrogen-bond acceptors (Lipinski definition) is 2. The second kappa shape index (κ2) is 7.06. The summed E-state index contributed by atoms with van der Waals surface area (Å²) in [7, 11) is 0. The Morgan fingerprint density at radius 3 is 2.45 bits per heavy atom. The second-order valence-electron chi connectivity index (χ2n) is 7.00. The van der Waals surface area contributed by atoms with Gasteiger partial charge in [0.05, 0.1) is 5.56 Å². The van der Waals surface area contributed by atoms with Crippen molar-refractivity contribution >= 4 is 11.4 Å². The highest BCUT2D eigenvalue weighted by molar-refractivity contribution is 5.81. The zero-order chi connectivity index (χ0) is 20.8. The summed E-state index contributed by atoms with van der Waals surface area (Å²) in [5.74, 6) is -1.55. The fourth-order valence-electron chi connectivity index (χ4n) is 3.63. The lowest BCUT2D eigenvalue weighted by molar-refractivity contribution is -0.140. The Balaban J connectivity index is 1.77. The first-order chi connectivity index (χ1) is 13.8. The summed E-state index contributed by atoms with van der Waals surface area (Å²) in [6, 6.07) is 4.12. The highest BCUT2D eigenvalue weighted by Gasteiger charge is 2.34. The standard InChI is InChI=1S/C20H17F4N3O2/c21-16-4-3-13(11-15(16)20(22,23)24)14-5-8-26-9-10-27(19(29)18(14)26)12-17(28)25-6-1-2-7-25/h3-5,8-11H,1-2,6-7,12H2. The highest BCUT2D eigenvalue weighted by Crippen LogP contribution is 2.35. The molecule has 152 valence electrons. The van der Waals surface area contributed by atoms with Gasteiger partial charge >= 0.3 is 6.18 Å². The lowest BCUT2D eigenvalue weighted by Crippen LogP contribution is -2.34. The van der Waals surface area contributed by atoms with Crippen LogP contribution in [0.25, 0.3) is 16.6 Å². The molecule has 0 saturated carbocycles. The van der Waals surface area contributed by atoms with E-state index in [1.807, 2.05) is 0 Å². The van der Waals surface area contributed by atoms with Gasteiger partial charge in [-0.3, -0.25) is 9.59 Å². The first kappa shape index (κ1) is 19.2. The van der Waals surface area contributed by atoms with E-state index in [2.05, 4.69) is 0 Å². The van der Waals surface area contributed by atoms with Crippen LogP contribution in [0, 0.1) is 5.82 Å². The van der Waals surface area contributed by atoms with E-state index in [1.165, 1.54) is 33.5 Å². The zero-order valence-corrected chi connectivity index (χ0v) is 15.2. The predicted molar refractivity (Wildman–Crippen MR) is 97.9 cm³/mol. The average Bonchev–Trinajstić information content (AvgIpc) is 3.33. The van der Waals surface area contributed by atoms with Gasteiger partial charge in [-0.15, -0.1) is 0 Å². The van der Waals surface area contributed by atoms with E-state index in [0.717, 1.165) is 18.9 Å². The van der Waals surface area contributed by atoms with Gasteiger partial charge in [-0.25, -0.2) is 4.39 Å². The molecule has 0 N–H and O–H groups in total. The van der Waals surface area contributed by atoms with Crippen LogP contribution in [0.4, 0.5) is 17.6 Å². The number of amides is 1. The quantitative estimate of drug-likeness (QED) is 0.624. The average molecular weight is 407 g/mol. The summed E-state index contributed by atoms with van der Waals surface area (Å²) in [5, 5.41) is 0. The lowest BCUT2D eigenvalue weighted by atomic mass is 10.0. The van der Waals surface area contributed by atoms with Gasteiger partial charge < -0.3 is 13.9 Å². The largest absolute Gasteiger partial charge is 0.419 e. The SMILES string of the molecule is O=C(Cn1ccn2ccc(-c3ccc(F)c(C(F)(F)F)c3)c2c1=O)N1CCCC1. The van der Waals surface area contributed by atoms with Crippen LogP contribution in [0.1, 0.15) is 18.4 Å². The molecular weight excluding hydrogens is 390 g/mol. The van der Waals surface area contributed by atoms with E-state index < -0.39 is 23.1 Å². The maximum atomic E-state index is 13.6. The maximum Gasteiger partial charge on any atom is 0.419 e. The molecule has 1 saturated heterocycles. The lowest BCUT2D eigenvalue weighted by Gasteiger charge is -2.16. The van der Waals surface area contributed by atoms with Gasteiger partial charge in [0.1, 0.15) is 17.9 Å². The van der Waals surface area contributed by atoms with Crippen molar-refractivity contribution in [1.29, 1.82) is 0 Å². The molecule has 0 bridgehead atoms. The zero-order valence-electron chi connectivity index (χ0n) is 15.2. The van der Waals surface area contributed by atoms with Crippen molar-refractivity contribution < 1.29 is 22.4 Å². The molecule has 1 aliphatic rings. The summed E-state index contributed by atoms with van der Waals surface area (Å²) in [5.41, 5.74) is -1.46. The third kappa shape index (κ3) is 3.52. The number of carbonyl (C=O) groups excluding carboxylic acids is 1. The number of benzene rings is 1. The number of alkyl halides is 3. The van der Waals surface area contributed by atoms with Gasteiger partial charge in [0.25, 0.3) is 5.56 Å². The van der Waals surface area contributed by atoms with E-state index in [1.54, 1.807) is 11.1 Å². The summed E-state index contributed by atoms with van der Waals surface area (Å²) < 4.78 is 55.5. The molecule has 1 amide bonds. The number of carbonyl (C=O) groups is 1. The van der Waals surface area contributed by atoms with Crippen LogP contribution in [0.5, 0.6) is 0 Å². The highest BCUT2D eigenvalue weighted by atomic mass is 19.4. The first-order valence-electron chi connectivity index (χ1n) is 9.11. The third-order valence-electron chi connectivity index (χ3n) is 5.13. The van der Waals surface area contributed by atoms with Gasteiger partial charge in [-0.05, 0) is 36.6 Å². The molecule has 0 spiro atoms. The molecule has 9 heteroatoms. The Labute approximate surface area is 162 Å². The Morgan fingerprint density at radius 1 is 1.03 bits per heavy atom. The topological polar surface area (TPSA) is 46.7 Å². The van der Waals surface area contributed by atoms with E-state index in [-0.39, 0.29) is 29.1 Å². The molecule has 3 aromatic rings. The third-order valence-corrected chi connectivity index (χ3v) is 5.13. The minimum atomic E-state index is -4.85. The monoisotopic (exact) mass is 407 g/mol. The number of aromatic nitrogens is 2. The van der Waals surface area contributed by atoms with E-state index in [4.69, 9.17) is 0 Å². The molecule has 0 aliphatic carbocycles. The van der Waals surface area contributed by atoms with E-state index >= 15 is 0 Å². The van der Waals surface area contributed by atoms with Crippen LogP contribution in [0.3, 0.4) is 0 Å². The smallest absolute Gasteiger partial charge is 0.341 e. The van der Waals surface area contributed by atoms with Crippen molar-refractivity contribution in [3.63, 3.8) is 0 Å². The summed E-state index contributed by atoms with van der Waals surface area (Å²) in [6.45, 7) is 1.17. The van der Waals surface area contributed by atoms with Crippen molar-refractivity contribution in [2.24, 2.45) is 0 Å². The molecular formula is C20H17F4N3O2. The first-order valence-corrected chi connectivity index (χ1v) is 9.11. The van der Waals surface area contributed by atoms with Crippen molar-refractivity contribution in [3.8, 4) is 11.1 Å². The summed E-state index contributed by atoms with van der Waals surface area (Å²) in [6.07, 6.45) is 1.57. The van der Waals surface area contributed by atoms with Gasteiger partial charge in [0.15, 0.2) is 0 Å². The van der Waals surface area contributed by atoms with Crippen molar-refractivity contribution in [3.05, 3.63) is 64.6 Å². The van der Waals surface area contributed by atoms with Gasteiger partial charge in [-0.1, -0.05) is 6.07 Å². The molecule has 1 fully saturated rings. The number of nitrogens with zero attached hydrogens (tertiary/aromatic N) is 3. The van der Waals surface area contributed by atoms with Crippen LogP contribution >= 0.6 is 0 Å². The number of rotatable bonds is 3. The Bertz CT molecular complexity index is 1140. The molecule has 1 aliphatic heterocycles. The van der Waals surface area contributed by atoms with Gasteiger partial charge in [-0.2, -0.15) is 13.2 Å².